The maximum absolute atomic E-state index is 13.3. The standard InChI is InChI=1S/C27H34N6O8/c28-18(14-23(30)36)24(37)31-19(10-11-22(29)35)25(38)32-20(12-15-4-2-1-3-5-15)26(39)33-21(27(40)41)13-16-6-8-17(34)9-7-16/h1-9,18-21,34H,10-14,28H2,(H2,29,35)(H2,30,36)(H,31,37)(H,32,38)(H,33,39)(H,40,41). The van der Waals surface area contributed by atoms with Gasteiger partial charge in [-0.05, 0) is 29.7 Å². The van der Waals surface area contributed by atoms with Gasteiger partial charge in [-0.25, -0.2) is 4.79 Å². The smallest absolute Gasteiger partial charge is 0.326 e. The van der Waals surface area contributed by atoms with Crippen LogP contribution >= 0.6 is 0 Å². The van der Waals surface area contributed by atoms with Crippen molar-refractivity contribution >= 4 is 35.5 Å². The van der Waals surface area contributed by atoms with Crippen LogP contribution in [-0.4, -0.2) is 69.9 Å². The van der Waals surface area contributed by atoms with E-state index in [0.717, 1.165) is 0 Å². The lowest BCUT2D eigenvalue weighted by Gasteiger charge is -2.25. The molecule has 2 aromatic carbocycles. The van der Waals surface area contributed by atoms with Crippen LogP contribution in [-0.2, 0) is 41.6 Å². The predicted molar refractivity (Wildman–Crippen MR) is 146 cm³/mol. The molecule has 0 aliphatic carbocycles. The van der Waals surface area contributed by atoms with Gasteiger partial charge in [0.05, 0.1) is 12.5 Å². The van der Waals surface area contributed by atoms with E-state index in [-0.39, 0.29) is 31.4 Å². The molecule has 14 heteroatoms. The molecule has 2 rings (SSSR count). The Balaban J connectivity index is 2.26. The Labute approximate surface area is 235 Å². The number of rotatable bonds is 16. The van der Waals surface area contributed by atoms with Gasteiger partial charge in [-0.1, -0.05) is 42.5 Å². The zero-order valence-corrected chi connectivity index (χ0v) is 22.1. The van der Waals surface area contributed by atoms with E-state index in [1.165, 1.54) is 24.3 Å². The Morgan fingerprint density at radius 1 is 0.683 bits per heavy atom. The number of phenolic OH excluding ortho intramolecular Hbond substituents is 1. The maximum Gasteiger partial charge on any atom is 0.326 e. The zero-order chi connectivity index (χ0) is 30.5. The van der Waals surface area contributed by atoms with E-state index in [4.69, 9.17) is 17.2 Å². The number of nitrogens with one attached hydrogen (secondary N) is 3. The number of aromatic hydroxyl groups is 1. The van der Waals surface area contributed by atoms with Crippen LogP contribution in [0.5, 0.6) is 5.75 Å². The summed E-state index contributed by atoms with van der Waals surface area (Å²) in [5, 5.41) is 26.5. The van der Waals surface area contributed by atoms with Crippen molar-refractivity contribution in [3.05, 3.63) is 65.7 Å². The van der Waals surface area contributed by atoms with Gasteiger partial charge in [-0.2, -0.15) is 0 Å². The van der Waals surface area contributed by atoms with Crippen molar-refractivity contribution in [3.8, 4) is 5.75 Å². The highest BCUT2D eigenvalue weighted by atomic mass is 16.4. The van der Waals surface area contributed by atoms with E-state index in [9.17, 15) is 39.0 Å². The minimum absolute atomic E-state index is 0.0103. The third-order valence-corrected chi connectivity index (χ3v) is 5.98. The number of phenols is 1. The number of primary amides is 2. The number of carboxylic acid groups (broad SMARTS) is 1. The summed E-state index contributed by atoms with van der Waals surface area (Å²) in [6.07, 6.45) is -1.18. The van der Waals surface area contributed by atoms with Gasteiger partial charge in [-0.15, -0.1) is 0 Å². The van der Waals surface area contributed by atoms with Crippen molar-refractivity contribution in [2.24, 2.45) is 17.2 Å². The molecule has 0 aliphatic heterocycles. The predicted octanol–water partition coefficient (Wildman–Crippen LogP) is -1.82. The van der Waals surface area contributed by atoms with Gasteiger partial charge < -0.3 is 43.4 Å². The Morgan fingerprint density at radius 3 is 1.76 bits per heavy atom. The molecule has 0 saturated carbocycles. The number of amides is 5. The van der Waals surface area contributed by atoms with Crippen molar-refractivity contribution in [1.82, 2.24) is 16.0 Å². The molecule has 41 heavy (non-hydrogen) atoms. The largest absolute Gasteiger partial charge is 0.508 e. The van der Waals surface area contributed by atoms with Crippen LogP contribution in [0.2, 0.25) is 0 Å². The molecule has 0 heterocycles. The summed E-state index contributed by atoms with van der Waals surface area (Å²) < 4.78 is 0. The van der Waals surface area contributed by atoms with Crippen molar-refractivity contribution in [2.75, 3.05) is 0 Å². The van der Waals surface area contributed by atoms with Crippen molar-refractivity contribution in [3.63, 3.8) is 0 Å². The highest BCUT2D eigenvalue weighted by molar-refractivity contribution is 5.95. The first-order valence-corrected chi connectivity index (χ1v) is 12.6. The van der Waals surface area contributed by atoms with Crippen molar-refractivity contribution in [1.29, 1.82) is 0 Å². The molecule has 220 valence electrons. The van der Waals surface area contributed by atoms with E-state index < -0.39 is 66.1 Å². The summed E-state index contributed by atoms with van der Waals surface area (Å²) in [5.74, 6) is -5.51. The van der Waals surface area contributed by atoms with Crippen LogP contribution in [0.3, 0.4) is 0 Å². The third-order valence-electron chi connectivity index (χ3n) is 5.98. The maximum atomic E-state index is 13.3. The topological polar surface area (TPSA) is 257 Å². The van der Waals surface area contributed by atoms with E-state index >= 15 is 0 Å². The molecule has 0 aliphatic rings. The number of hydrogen-bond donors (Lipinski definition) is 8. The number of carbonyl (C=O) groups excluding carboxylic acids is 5. The Bertz CT molecular complexity index is 1240. The minimum atomic E-state index is -1.38. The summed E-state index contributed by atoms with van der Waals surface area (Å²) >= 11 is 0. The van der Waals surface area contributed by atoms with Gasteiger partial charge in [0.15, 0.2) is 0 Å². The monoisotopic (exact) mass is 570 g/mol. The number of carbonyl (C=O) groups is 6. The molecule has 0 saturated heterocycles. The van der Waals surface area contributed by atoms with Gasteiger partial charge in [0, 0.05) is 19.3 Å². The Morgan fingerprint density at radius 2 is 1.20 bits per heavy atom. The molecule has 4 atom stereocenters. The van der Waals surface area contributed by atoms with Crippen LogP contribution in [0.25, 0.3) is 0 Å². The van der Waals surface area contributed by atoms with Gasteiger partial charge in [-0.3, -0.25) is 24.0 Å². The lowest BCUT2D eigenvalue weighted by molar-refractivity contribution is -0.142. The molecule has 4 unspecified atom stereocenters. The quantitative estimate of drug-likeness (QED) is 0.113. The average Bonchev–Trinajstić information content (AvgIpc) is 2.91. The van der Waals surface area contributed by atoms with Gasteiger partial charge in [0.2, 0.25) is 29.5 Å². The van der Waals surface area contributed by atoms with E-state index in [0.29, 0.717) is 11.1 Å². The summed E-state index contributed by atoms with van der Waals surface area (Å²) in [4.78, 5) is 73.5. The van der Waals surface area contributed by atoms with E-state index in [1.54, 1.807) is 30.3 Å². The minimum Gasteiger partial charge on any atom is -0.508 e. The number of hydrogen-bond acceptors (Lipinski definition) is 8. The first-order chi connectivity index (χ1) is 19.3. The summed E-state index contributed by atoms with van der Waals surface area (Å²) in [6.45, 7) is 0. The molecule has 0 aromatic heterocycles. The summed E-state index contributed by atoms with van der Waals surface area (Å²) in [7, 11) is 0. The number of carboxylic acids is 1. The van der Waals surface area contributed by atoms with Crippen LogP contribution in [0, 0.1) is 0 Å². The van der Waals surface area contributed by atoms with E-state index in [2.05, 4.69) is 16.0 Å². The third kappa shape index (κ3) is 11.3. The first kappa shape index (κ1) is 32.2. The molecule has 11 N–H and O–H groups in total. The highest BCUT2D eigenvalue weighted by Gasteiger charge is 2.31. The lowest BCUT2D eigenvalue weighted by Crippen LogP contribution is -2.58. The second-order valence-corrected chi connectivity index (χ2v) is 9.36. The van der Waals surface area contributed by atoms with Crippen molar-refractivity contribution < 1.29 is 39.0 Å². The number of nitrogens with two attached hydrogens (primary N) is 3. The van der Waals surface area contributed by atoms with Gasteiger partial charge >= 0.3 is 5.97 Å². The Kier molecular flexibility index (Phi) is 12.2. The molecule has 0 radical (unpaired) electrons. The number of aliphatic carboxylic acids is 1. The van der Waals surface area contributed by atoms with Gasteiger partial charge in [0.25, 0.3) is 0 Å². The fourth-order valence-electron chi connectivity index (χ4n) is 3.82. The number of benzene rings is 2. The summed E-state index contributed by atoms with van der Waals surface area (Å²) in [5.41, 5.74) is 17.1. The van der Waals surface area contributed by atoms with Crippen molar-refractivity contribution in [2.45, 2.75) is 56.3 Å². The molecule has 2 aromatic rings. The molecule has 0 fully saturated rings. The van der Waals surface area contributed by atoms with Crippen LogP contribution < -0.4 is 33.2 Å². The van der Waals surface area contributed by atoms with Gasteiger partial charge in [0.1, 0.15) is 23.9 Å². The first-order valence-electron chi connectivity index (χ1n) is 12.6. The zero-order valence-electron chi connectivity index (χ0n) is 22.1. The molecule has 0 spiro atoms. The van der Waals surface area contributed by atoms with Crippen LogP contribution in [0.4, 0.5) is 0 Å². The SMILES string of the molecule is NC(=O)CCC(NC(=O)C(N)CC(N)=O)C(=O)NC(Cc1ccccc1)C(=O)NC(Cc1ccc(O)cc1)C(=O)O. The normalized spacial score (nSPS) is 13.6. The average molecular weight is 571 g/mol. The second-order valence-electron chi connectivity index (χ2n) is 9.36. The molecule has 5 amide bonds. The van der Waals surface area contributed by atoms with Crippen LogP contribution in [0.15, 0.2) is 54.6 Å². The molecule has 14 nitrogen and oxygen atoms in total. The Hall–Kier alpha value is -4.98. The molecular formula is C27H34N6O8. The molecular weight excluding hydrogens is 536 g/mol. The van der Waals surface area contributed by atoms with Crippen LogP contribution in [0.1, 0.15) is 30.4 Å². The molecule has 0 bridgehead atoms. The fourth-order valence-corrected chi connectivity index (χ4v) is 3.82. The second kappa shape index (κ2) is 15.6. The van der Waals surface area contributed by atoms with E-state index in [1.807, 2.05) is 0 Å². The highest BCUT2D eigenvalue weighted by Crippen LogP contribution is 2.12. The fraction of sp³-hybridized carbons (Fsp3) is 0.333. The summed E-state index contributed by atoms with van der Waals surface area (Å²) in [6, 6.07) is 8.96. The lowest BCUT2D eigenvalue weighted by atomic mass is 10.0.